The van der Waals surface area contributed by atoms with Crippen LogP contribution in [-0.2, 0) is 19.3 Å². The van der Waals surface area contributed by atoms with Crippen molar-refractivity contribution in [2.45, 2.75) is 242 Å². The number of benzene rings is 1. The van der Waals surface area contributed by atoms with Crippen LogP contribution in [0.25, 0.3) is 0 Å². The van der Waals surface area contributed by atoms with Crippen molar-refractivity contribution in [2.24, 2.45) is 0 Å². The van der Waals surface area contributed by atoms with Crippen LogP contribution in [0.3, 0.4) is 0 Å². The van der Waals surface area contributed by atoms with Crippen LogP contribution in [0.15, 0.2) is 60.5 Å². The normalized spacial score (nSPS) is 14.3. The van der Waals surface area contributed by atoms with E-state index in [0.29, 0.717) is 19.1 Å². The first-order valence-electron chi connectivity index (χ1n) is 23.4. The predicted octanol–water partition coefficient (Wildman–Crippen LogP) is 17.3. The van der Waals surface area contributed by atoms with Crippen LogP contribution < -0.4 is 0 Å². The van der Waals surface area contributed by atoms with Crippen LogP contribution in [-0.4, -0.2) is 12.1 Å². The molecule has 0 aliphatic heterocycles. The van der Waals surface area contributed by atoms with Gasteiger partial charge in [0.25, 0.3) is 0 Å². The van der Waals surface area contributed by atoms with Crippen LogP contribution in [0.2, 0.25) is 23.6 Å². The molecule has 0 aliphatic rings. The van der Waals surface area contributed by atoms with Crippen molar-refractivity contribution in [1.82, 2.24) is 0 Å². The topological polar surface area (TPSA) is 54.4 Å². The fourth-order valence-electron chi connectivity index (χ4n) is 10.6. The molecule has 0 aliphatic carbocycles. The SMILES string of the molecule is C=C[CH2][Ti]([OH])([CH2]C=C)([CH2]CCCCCCCCCCC)([CH2]CCCCCCCCCCC)([CH2]CCCCCCCCCCC)[S](=O)(=O)c1ccccc1. The summed E-state index contributed by atoms with van der Waals surface area (Å²) in [4.78, 5) is 0.313. The van der Waals surface area contributed by atoms with Crippen molar-refractivity contribution in [3.63, 3.8) is 0 Å². The van der Waals surface area contributed by atoms with Gasteiger partial charge in [0, 0.05) is 0 Å². The zero-order valence-electron chi connectivity index (χ0n) is 35.9. The van der Waals surface area contributed by atoms with Crippen molar-refractivity contribution in [2.75, 3.05) is 0 Å². The Labute approximate surface area is 327 Å². The van der Waals surface area contributed by atoms with Crippen LogP contribution >= 0.6 is 0 Å². The van der Waals surface area contributed by atoms with Gasteiger partial charge in [0.2, 0.25) is 0 Å². The molecule has 1 N–H and O–H groups in total. The Morgan fingerprint density at radius 2 is 0.698 bits per heavy atom. The predicted molar refractivity (Wildman–Crippen MR) is 236 cm³/mol. The van der Waals surface area contributed by atoms with Gasteiger partial charge in [-0.05, 0) is 0 Å². The van der Waals surface area contributed by atoms with Gasteiger partial charge in [0.1, 0.15) is 0 Å². The number of hydrogen-bond donors (Lipinski definition) is 1. The van der Waals surface area contributed by atoms with Crippen LogP contribution in [0, 0.1) is 0 Å². The molecule has 0 aromatic heterocycles. The van der Waals surface area contributed by atoms with E-state index in [0.717, 1.165) is 57.8 Å². The van der Waals surface area contributed by atoms with Gasteiger partial charge in [-0.3, -0.25) is 0 Å². The van der Waals surface area contributed by atoms with Gasteiger partial charge < -0.3 is 0 Å². The van der Waals surface area contributed by atoms with E-state index in [1.165, 1.54) is 135 Å². The third kappa shape index (κ3) is 14.3. The molecule has 0 heterocycles. The molecular weight excluding hydrogens is 704 g/mol. The number of rotatable bonds is 39. The molecule has 3 nitrogen and oxygen atoms in total. The Balaban J connectivity index is 3.47. The Hall–Kier alpha value is -0.676. The van der Waals surface area contributed by atoms with Gasteiger partial charge in [0.05, 0.1) is 0 Å². The Morgan fingerprint density at radius 3 is 0.943 bits per heavy atom. The molecule has 0 atom stereocenters. The van der Waals surface area contributed by atoms with Gasteiger partial charge in [0.15, 0.2) is 0 Å². The molecule has 0 saturated heterocycles. The van der Waals surface area contributed by atoms with E-state index in [1.807, 2.05) is 30.4 Å². The summed E-state index contributed by atoms with van der Waals surface area (Å²) in [5.74, 6) is 0. The summed E-state index contributed by atoms with van der Waals surface area (Å²) in [7, 11) is -4.15. The maximum atomic E-state index is 16.0. The second-order valence-corrected chi connectivity index (χ2v) is 45.8. The number of unbranched alkanes of at least 4 members (excludes halogenated alkanes) is 27. The Bertz CT molecular complexity index is 1140. The molecule has 0 fully saturated rings. The second kappa shape index (κ2) is 25.6. The van der Waals surface area contributed by atoms with Crippen LogP contribution in [0.5, 0.6) is 0 Å². The van der Waals surface area contributed by atoms with Crippen molar-refractivity contribution < 1.29 is 23.9 Å². The quantitative estimate of drug-likeness (QED) is 0.0410. The van der Waals surface area contributed by atoms with Crippen LogP contribution in [0.1, 0.15) is 213 Å². The fourth-order valence-corrected chi connectivity index (χ4v) is 40.9. The first-order valence-corrected chi connectivity index (χ1v) is 33.0. The minimum atomic E-state index is -6.76. The van der Waals surface area contributed by atoms with Crippen molar-refractivity contribution in [1.29, 1.82) is 0 Å². The van der Waals surface area contributed by atoms with Gasteiger partial charge in [-0.2, -0.15) is 0 Å². The van der Waals surface area contributed by atoms with Gasteiger partial charge in [-0.1, -0.05) is 0 Å². The maximum absolute atomic E-state index is 16.0. The van der Waals surface area contributed by atoms with E-state index < -0.39 is 19.3 Å². The molecule has 1 aromatic rings. The summed E-state index contributed by atoms with van der Waals surface area (Å²) in [6, 6.07) is 9.09. The van der Waals surface area contributed by atoms with Gasteiger partial charge >= 0.3 is 329 Å². The standard InChI is InChI=1S/3C12H25.C6H5O2S.2C3H5.H2O.Ti/c3*1-3-5-7-9-11-12-10-8-6-4-2;7-9(8)6-4-2-1-3-5-6;2*1-3-2;;/h3*1,3-12H2,2H3;1-5H;2*3H,1-2H2;1H2;/q;;;;;;;+1/p-1. The van der Waals surface area contributed by atoms with Crippen molar-refractivity contribution in [3.8, 4) is 0 Å². The minimum absolute atomic E-state index is 0.202. The van der Waals surface area contributed by atoms with Crippen molar-refractivity contribution >= 4 is 7.42 Å². The molecule has 0 unspecified atom stereocenters. The molecule has 0 radical (unpaired) electrons. The fraction of sp³-hybridized carbons (Fsp3) is 0.792. The summed E-state index contributed by atoms with van der Waals surface area (Å²) in [6.45, 7) is 15.3. The average molecular weight is 796 g/mol. The zero-order valence-corrected chi connectivity index (χ0v) is 38.3. The number of hydrogen-bond acceptors (Lipinski definition) is 3. The molecule has 0 bridgehead atoms. The number of allylic oxidation sites excluding steroid dienone is 2. The molecule has 0 spiro atoms. The zero-order chi connectivity index (χ0) is 39.2. The summed E-state index contributed by atoms with van der Waals surface area (Å²) in [5, 5.41) is 0. The Kier molecular flexibility index (Phi) is 24.3. The summed E-state index contributed by atoms with van der Waals surface area (Å²) in [5.41, 5.74) is 0. The van der Waals surface area contributed by atoms with E-state index in [1.54, 1.807) is 12.1 Å². The Morgan fingerprint density at radius 1 is 0.453 bits per heavy atom. The van der Waals surface area contributed by atoms with Gasteiger partial charge in [-0.25, -0.2) is 0 Å². The summed E-state index contributed by atoms with van der Waals surface area (Å²) in [6.07, 6.45) is 39.0. The molecule has 1 rings (SSSR count). The third-order valence-corrected chi connectivity index (χ3v) is 48.2. The summed E-state index contributed by atoms with van der Waals surface area (Å²) < 4.78 is 48.5. The van der Waals surface area contributed by atoms with E-state index in [4.69, 9.17) is 0 Å². The van der Waals surface area contributed by atoms with E-state index in [9.17, 15) is 3.69 Å². The van der Waals surface area contributed by atoms with E-state index >= 15 is 8.42 Å². The molecule has 53 heavy (non-hydrogen) atoms. The molecule has 0 saturated carbocycles. The molecule has 1 aromatic carbocycles. The van der Waals surface area contributed by atoms with Crippen LogP contribution in [0.4, 0.5) is 0 Å². The monoisotopic (exact) mass is 796 g/mol. The van der Waals surface area contributed by atoms with Gasteiger partial charge in [-0.15, -0.1) is 0 Å². The summed E-state index contributed by atoms with van der Waals surface area (Å²) >= 11 is -6.76. The average Bonchev–Trinajstić information content (AvgIpc) is 3.15. The second-order valence-electron chi connectivity index (χ2n) is 18.7. The third-order valence-electron chi connectivity index (χ3n) is 14.3. The molecule has 0 amide bonds. The first-order chi connectivity index (χ1) is 25.5. The van der Waals surface area contributed by atoms with E-state index in [-0.39, 0.29) is 9.45 Å². The molecule has 5 heteroatoms. The first kappa shape index (κ1) is 50.3. The van der Waals surface area contributed by atoms with Crippen molar-refractivity contribution in [3.05, 3.63) is 55.6 Å². The molecular formula is C48H91O3STi. The van der Waals surface area contributed by atoms with E-state index in [2.05, 4.69) is 33.9 Å². The molecule has 311 valence electrons.